The van der Waals surface area contributed by atoms with Crippen molar-refractivity contribution in [2.24, 2.45) is 0 Å². The molecule has 0 aliphatic heterocycles. The van der Waals surface area contributed by atoms with Crippen LogP contribution in [0.2, 0.25) is 0 Å². The molecule has 0 spiro atoms. The van der Waals surface area contributed by atoms with Crippen molar-refractivity contribution in [2.75, 3.05) is 0 Å². The molecule has 1 aromatic carbocycles. The topological polar surface area (TPSA) is 56.0 Å². The minimum atomic E-state index is 0.761. The molecule has 4 rings (SSSR count). The van der Waals surface area contributed by atoms with Gasteiger partial charge in [0, 0.05) is 24.4 Å². The van der Waals surface area contributed by atoms with Crippen LogP contribution in [0.3, 0.4) is 0 Å². The SMILES string of the molecule is C(=C\c1cccnc1)/Cc1nn2c(-c3ccccc3)nnc2s1. The van der Waals surface area contributed by atoms with Crippen molar-refractivity contribution in [3.8, 4) is 11.4 Å². The molecule has 0 aliphatic rings. The summed E-state index contributed by atoms with van der Waals surface area (Å²) in [6.07, 6.45) is 8.50. The zero-order valence-corrected chi connectivity index (χ0v) is 13.0. The highest BCUT2D eigenvalue weighted by atomic mass is 32.1. The van der Waals surface area contributed by atoms with E-state index in [4.69, 9.17) is 0 Å². The normalized spacial score (nSPS) is 11.5. The molecule has 0 saturated carbocycles. The van der Waals surface area contributed by atoms with Crippen molar-refractivity contribution in [3.63, 3.8) is 0 Å². The molecule has 0 aliphatic carbocycles. The number of benzene rings is 1. The fourth-order valence-electron chi connectivity index (χ4n) is 2.28. The summed E-state index contributed by atoms with van der Waals surface area (Å²) in [4.78, 5) is 4.91. The Morgan fingerprint density at radius 2 is 1.96 bits per heavy atom. The Balaban J connectivity index is 1.58. The van der Waals surface area contributed by atoms with Gasteiger partial charge in [0.2, 0.25) is 4.96 Å². The van der Waals surface area contributed by atoms with E-state index in [0.29, 0.717) is 0 Å². The standard InChI is InChI=1S/C17H13N5S/c1-2-8-14(9-3-1)16-19-20-17-22(16)21-15(23-17)10-4-6-13-7-5-11-18-12-13/h1-9,11-12H,10H2/b6-4+. The first kappa shape index (κ1) is 13.8. The molecule has 0 unspecified atom stereocenters. The summed E-state index contributed by atoms with van der Waals surface area (Å²) in [6.45, 7) is 0. The van der Waals surface area contributed by atoms with Crippen LogP contribution < -0.4 is 0 Å². The van der Waals surface area contributed by atoms with Crippen molar-refractivity contribution in [1.29, 1.82) is 0 Å². The van der Waals surface area contributed by atoms with Gasteiger partial charge in [-0.2, -0.15) is 9.61 Å². The van der Waals surface area contributed by atoms with Crippen LogP contribution in [0.1, 0.15) is 10.6 Å². The Kier molecular flexibility index (Phi) is 3.65. The number of aromatic nitrogens is 5. The quantitative estimate of drug-likeness (QED) is 0.577. The molecule has 0 fully saturated rings. The molecule has 3 aromatic heterocycles. The molecule has 112 valence electrons. The lowest BCUT2D eigenvalue weighted by molar-refractivity contribution is 0.924. The lowest BCUT2D eigenvalue weighted by Crippen LogP contribution is -1.91. The van der Waals surface area contributed by atoms with E-state index in [0.717, 1.165) is 33.3 Å². The summed E-state index contributed by atoms with van der Waals surface area (Å²) in [5.41, 5.74) is 2.10. The van der Waals surface area contributed by atoms with Crippen LogP contribution in [0.25, 0.3) is 22.4 Å². The van der Waals surface area contributed by atoms with Gasteiger partial charge < -0.3 is 0 Å². The van der Waals surface area contributed by atoms with E-state index >= 15 is 0 Å². The molecular weight excluding hydrogens is 306 g/mol. The second-order valence-electron chi connectivity index (χ2n) is 4.97. The lowest BCUT2D eigenvalue weighted by atomic mass is 10.2. The maximum atomic E-state index is 4.62. The van der Waals surface area contributed by atoms with Gasteiger partial charge in [-0.3, -0.25) is 4.98 Å². The summed E-state index contributed by atoms with van der Waals surface area (Å²) in [5, 5.41) is 14.1. The predicted octanol–water partition coefficient (Wildman–Crippen LogP) is 3.50. The lowest BCUT2D eigenvalue weighted by Gasteiger charge is -1.95. The molecular formula is C17H13N5S. The van der Waals surface area contributed by atoms with Crippen LogP contribution in [0, 0.1) is 0 Å². The summed E-state index contributed by atoms with van der Waals surface area (Å²) < 4.78 is 1.81. The number of rotatable bonds is 4. The molecule has 0 N–H and O–H groups in total. The number of pyridine rings is 1. The van der Waals surface area contributed by atoms with Crippen molar-refractivity contribution in [2.45, 2.75) is 6.42 Å². The van der Waals surface area contributed by atoms with Gasteiger partial charge in [0.25, 0.3) is 0 Å². The minimum absolute atomic E-state index is 0.761. The number of hydrogen-bond donors (Lipinski definition) is 0. The van der Waals surface area contributed by atoms with E-state index in [2.05, 4.69) is 26.4 Å². The highest BCUT2D eigenvalue weighted by Crippen LogP contribution is 2.21. The second kappa shape index (κ2) is 6.10. The fraction of sp³-hybridized carbons (Fsp3) is 0.0588. The molecule has 3 heterocycles. The second-order valence-corrected chi connectivity index (χ2v) is 6.01. The molecule has 0 bridgehead atoms. The van der Waals surface area contributed by atoms with Gasteiger partial charge in [0.05, 0.1) is 0 Å². The van der Waals surface area contributed by atoms with Gasteiger partial charge in [-0.25, -0.2) is 0 Å². The highest BCUT2D eigenvalue weighted by Gasteiger charge is 2.12. The summed E-state index contributed by atoms with van der Waals surface area (Å²) in [7, 11) is 0. The summed E-state index contributed by atoms with van der Waals surface area (Å²) >= 11 is 1.56. The van der Waals surface area contributed by atoms with Gasteiger partial charge >= 0.3 is 0 Å². The first-order valence-corrected chi connectivity index (χ1v) is 8.05. The van der Waals surface area contributed by atoms with Gasteiger partial charge in [0.15, 0.2) is 5.82 Å². The molecule has 5 nitrogen and oxygen atoms in total. The molecule has 0 atom stereocenters. The van der Waals surface area contributed by atoms with Crippen molar-refractivity contribution < 1.29 is 0 Å². The summed E-state index contributed by atoms with van der Waals surface area (Å²) in [5.74, 6) is 0.777. The smallest absolute Gasteiger partial charge is 0.234 e. The van der Waals surface area contributed by atoms with Crippen LogP contribution in [-0.2, 0) is 6.42 Å². The minimum Gasteiger partial charge on any atom is -0.264 e. The molecule has 0 radical (unpaired) electrons. The number of hydrogen-bond acceptors (Lipinski definition) is 5. The maximum absolute atomic E-state index is 4.62. The Morgan fingerprint density at radius 1 is 1.04 bits per heavy atom. The van der Waals surface area contributed by atoms with Crippen molar-refractivity contribution in [1.82, 2.24) is 24.8 Å². The first-order chi connectivity index (χ1) is 11.4. The molecule has 0 saturated heterocycles. The average molecular weight is 319 g/mol. The highest BCUT2D eigenvalue weighted by molar-refractivity contribution is 7.16. The Hall–Kier alpha value is -2.86. The van der Waals surface area contributed by atoms with E-state index < -0.39 is 0 Å². The van der Waals surface area contributed by atoms with E-state index in [1.54, 1.807) is 17.5 Å². The third-order valence-electron chi connectivity index (χ3n) is 3.35. The fourth-order valence-corrected chi connectivity index (χ4v) is 3.08. The Labute approximate surface area is 137 Å². The molecule has 23 heavy (non-hydrogen) atoms. The van der Waals surface area contributed by atoms with Crippen LogP contribution in [-0.4, -0.2) is 24.8 Å². The average Bonchev–Trinajstić information content (AvgIpc) is 3.17. The molecule has 6 heteroatoms. The number of nitrogens with zero attached hydrogens (tertiary/aromatic N) is 5. The summed E-state index contributed by atoms with van der Waals surface area (Å²) in [6, 6.07) is 13.9. The van der Waals surface area contributed by atoms with Crippen LogP contribution >= 0.6 is 11.3 Å². The van der Waals surface area contributed by atoms with Crippen LogP contribution in [0.15, 0.2) is 60.9 Å². The predicted molar refractivity (Wildman–Crippen MR) is 91.1 cm³/mol. The van der Waals surface area contributed by atoms with Crippen LogP contribution in [0.5, 0.6) is 0 Å². The van der Waals surface area contributed by atoms with Gasteiger partial charge in [-0.1, -0.05) is 59.9 Å². The zero-order chi connectivity index (χ0) is 15.5. The molecule has 4 aromatic rings. The van der Waals surface area contributed by atoms with Crippen molar-refractivity contribution in [3.05, 3.63) is 71.5 Å². The van der Waals surface area contributed by atoms with E-state index in [9.17, 15) is 0 Å². The van der Waals surface area contributed by atoms with Gasteiger partial charge in [-0.15, -0.1) is 10.2 Å². The van der Waals surface area contributed by atoms with E-state index in [-0.39, 0.29) is 0 Å². The van der Waals surface area contributed by atoms with Crippen molar-refractivity contribution >= 4 is 22.4 Å². The maximum Gasteiger partial charge on any atom is 0.234 e. The van der Waals surface area contributed by atoms with Crippen LogP contribution in [0.4, 0.5) is 0 Å². The third-order valence-corrected chi connectivity index (χ3v) is 4.27. The number of allylic oxidation sites excluding steroid dienone is 1. The first-order valence-electron chi connectivity index (χ1n) is 7.23. The van der Waals surface area contributed by atoms with E-state index in [1.165, 1.54) is 0 Å². The largest absolute Gasteiger partial charge is 0.264 e. The zero-order valence-electron chi connectivity index (χ0n) is 12.2. The number of fused-ring (bicyclic) bond motifs is 1. The Morgan fingerprint density at radius 3 is 2.78 bits per heavy atom. The Bertz CT molecular complexity index is 941. The monoisotopic (exact) mass is 319 g/mol. The van der Waals surface area contributed by atoms with Gasteiger partial charge in [-0.05, 0) is 11.6 Å². The molecule has 0 amide bonds. The van der Waals surface area contributed by atoms with Gasteiger partial charge in [0.1, 0.15) is 5.01 Å². The third kappa shape index (κ3) is 2.89. The van der Waals surface area contributed by atoms with E-state index in [1.807, 2.05) is 59.3 Å².